The molecule has 32 heavy (non-hydrogen) atoms. The summed E-state index contributed by atoms with van der Waals surface area (Å²) in [5.74, 6) is -1.45. The summed E-state index contributed by atoms with van der Waals surface area (Å²) in [6.45, 7) is 9.34. The van der Waals surface area contributed by atoms with Crippen LogP contribution in [0.2, 0.25) is 0 Å². The molecule has 1 aliphatic heterocycles. The Morgan fingerprint density at radius 2 is 1.69 bits per heavy atom. The molecule has 8 heteroatoms. The first-order valence-corrected chi connectivity index (χ1v) is 10.9. The molecule has 3 amide bonds. The van der Waals surface area contributed by atoms with Gasteiger partial charge in [0.15, 0.2) is 0 Å². The molecule has 0 bridgehead atoms. The third-order valence-corrected chi connectivity index (χ3v) is 5.31. The standard InChI is InChI=1S/C24H33N3O5/c1-13(2)11-19(23(30)25-15(5)24(31)32-6)26-20(28)12-18-16-9-7-8-10-17(16)22(29)27-21(18)14(3)4/h7-10,12-15,19,21H,11H2,1-6H3,(H,25,30)(H,26,28)(H,27,29)/b18-12-/t15-,19-,21-/m0/s1. The highest BCUT2D eigenvalue weighted by molar-refractivity contribution is 6.07. The van der Waals surface area contributed by atoms with Crippen molar-refractivity contribution in [2.45, 2.75) is 59.2 Å². The molecule has 0 aromatic heterocycles. The van der Waals surface area contributed by atoms with Crippen molar-refractivity contribution in [2.75, 3.05) is 7.11 Å². The number of benzene rings is 1. The number of fused-ring (bicyclic) bond motifs is 1. The molecule has 0 saturated carbocycles. The zero-order valence-electron chi connectivity index (χ0n) is 19.5. The first-order chi connectivity index (χ1) is 15.0. The summed E-state index contributed by atoms with van der Waals surface area (Å²) < 4.78 is 4.65. The molecule has 3 N–H and O–H groups in total. The van der Waals surface area contributed by atoms with E-state index in [2.05, 4.69) is 20.7 Å². The van der Waals surface area contributed by atoms with E-state index in [1.807, 2.05) is 39.8 Å². The molecule has 1 aromatic carbocycles. The van der Waals surface area contributed by atoms with Crippen LogP contribution in [0.3, 0.4) is 0 Å². The third-order valence-electron chi connectivity index (χ3n) is 5.31. The summed E-state index contributed by atoms with van der Waals surface area (Å²) in [4.78, 5) is 49.8. The van der Waals surface area contributed by atoms with Crippen LogP contribution in [0.25, 0.3) is 5.57 Å². The molecule has 1 aromatic rings. The van der Waals surface area contributed by atoms with Crippen LogP contribution in [0, 0.1) is 11.8 Å². The molecule has 1 aliphatic rings. The van der Waals surface area contributed by atoms with Crippen LogP contribution in [-0.4, -0.2) is 48.9 Å². The number of ether oxygens (including phenoxy) is 1. The third kappa shape index (κ3) is 6.18. The van der Waals surface area contributed by atoms with E-state index in [9.17, 15) is 19.2 Å². The Morgan fingerprint density at radius 1 is 1.06 bits per heavy atom. The minimum atomic E-state index is -0.830. The lowest BCUT2D eigenvalue weighted by molar-refractivity contribution is -0.144. The van der Waals surface area contributed by atoms with Crippen LogP contribution in [0.15, 0.2) is 30.3 Å². The maximum Gasteiger partial charge on any atom is 0.328 e. The molecule has 0 saturated heterocycles. The smallest absolute Gasteiger partial charge is 0.328 e. The van der Waals surface area contributed by atoms with Crippen molar-refractivity contribution in [2.24, 2.45) is 11.8 Å². The van der Waals surface area contributed by atoms with E-state index >= 15 is 0 Å². The summed E-state index contributed by atoms with van der Waals surface area (Å²) in [6.07, 6.45) is 1.85. The Labute approximate surface area is 189 Å². The van der Waals surface area contributed by atoms with Gasteiger partial charge < -0.3 is 20.7 Å². The highest BCUT2D eigenvalue weighted by Crippen LogP contribution is 2.30. The first-order valence-electron chi connectivity index (χ1n) is 10.9. The zero-order valence-corrected chi connectivity index (χ0v) is 19.5. The van der Waals surface area contributed by atoms with Crippen LogP contribution in [0.5, 0.6) is 0 Å². The van der Waals surface area contributed by atoms with Crippen molar-refractivity contribution in [1.29, 1.82) is 0 Å². The van der Waals surface area contributed by atoms with Crippen molar-refractivity contribution in [3.05, 3.63) is 41.5 Å². The molecule has 0 spiro atoms. The van der Waals surface area contributed by atoms with E-state index in [1.165, 1.54) is 20.1 Å². The number of methoxy groups -OCH3 is 1. The number of hydrogen-bond donors (Lipinski definition) is 3. The number of esters is 1. The zero-order chi connectivity index (χ0) is 24.0. The predicted octanol–water partition coefficient (Wildman–Crippen LogP) is 2.05. The highest BCUT2D eigenvalue weighted by atomic mass is 16.5. The Kier molecular flexibility index (Phi) is 8.57. The molecule has 0 unspecified atom stereocenters. The number of rotatable bonds is 8. The molecule has 3 atom stereocenters. The first kappa shape index (κ1) is 25.1. The van der Waals surface area contributed by atoms with Gasteiger partial charge in [0.25, 0.3) is 5.91 Å². The van der Waals surface area contributed by atoms with Crippen LogP contribution >= 0.6 is 0 Å². The van der Waals surface area contributed by atoms with Gasteiger partial charge >= 0.3 is 5.97 Å². The monoisotopic (exact) mass is 443 g/mol. The second-order valence-corrected chi connectivity index (χ2v) is 8.78. The maximum atomic E-state index is 13.0. The van der Waals surface area contributed by atoms with Crippen LogP contribution < -0.4 is 16.0 Å². The second kappa shape index (κ2) is 10.9. The molecular formula is C24H33N3O5. The van der Waals surface area contributed by atoms with E-state index in [1.54, 1.807) is 12.1 Å². The van der Waals surface area contributed by atoms with Gasteiger partial charge in [-0.3, -0.25) is 14.4 Å². The van der Waals surface area contributed by atoms with Gasteiger partial charge in [0.1, 0.15) is 12.1 Å². The van der Waals surface area contributed by atoms with E-state index in [0.717, 1.165) is 0 Å². The molecule has 8 nitrogen and oxygen atoms in total. The Morgan fingerprint density at radius 3 is 2.25 bits per heavy atom. The van der Waals surface area contributed by atoms with Crippen molar-refractivity contribution in [3.8, 4) is 0 Å². The predicted molar refractivity (Wildman–Crippen MR) is 122 cm³/mol. The summed E-state index contributed by atoms with van der Waals surface area (Å²) >= 11 is 0. The van der Waals surface area contributed by atoms with Gasteiger partial charge in [0, 0.05) is 11.6 Å². The Balaban J connectivity index is 2.30. The number of hydrogen-bond acceptors (Lipinski definition) is 5. The SMILES string of the molecule is COC(=O)[C@H](C)NC(=O)[C@H](CC(C)C)NC(=O)/C=C1/c2ccccc2C(=O)N[C@H]1C(C)C. The molecular weight excluding hydrogens is 410 g/mol. The topological polar surface area (TPSA) is 114 Å². The molecule has 0 fully saturated rings. The van der Waals surface area contributed by atoms with Gasteiger partial charge in [-0.15, -0.1) is 0 Å². The summed E-state index contributed by atoms with van der Waals surface area (Å²) in [6, 6.07) is 5.15. The van der Waals surface area contributed by atoms with Crippen molar-refractivity contribution >= 4 is 29.3 Å². The minimum absolute atomic E-state index is 0.0574. The van der Waals surface area contributed by atoms with Gasteiger partial charge in [-0.2, -0.15) is 0 Å². The lowest BCUT2D eigenvalue weighted by atomic mass is 9.84. The fourth-order valence-electron chi connectivity index (χ4n) is 3.70. The van der Waals surface area contributed by atoms with Crippen molar-refractivity contribution < 1.29 is 23.9 Å². The van der Waals surface area contributed by atoms with E-state index in [-0.39, 0.29) is 23.8 Å². The van der Waals surface area contributed by atoms with E-state index < -0.39 is 29.9 Å². The van der Waals surface area contributed by atoms with Crippen molar-refractivity contribution in [3.63, 3.8) is 0 Å². The van der Waals surface area contributed by atoms with Crippen LogP contribution in [0.4, 0.5) is 0 Å². The number of nitrogens with one attached hydrogen (secondary N) is 3. The lowest BCUT2D eigenvalue weighted by Gasteiger charge is -2.31. The van der Waals surface area contributed by atoms with E-state index in [0.29, 0.717) is 23.1 Å². The van der Waals surface area contributed by atoms with Gasteiger partial charge in [-0.25, -0.2) is 4.79 Å². The average molecular weight is 444 g/mol. The van der Waals surface area contributed by atoms with Gasteiger partial charge in [0.05, 0.1) is 13.2 Å². The Bertz CT molecular complexity index is 907. The number of amides is 3. The average Bonchev–Trinajstić information content (AvgIpc) is 2.73. The molecule has 0 aliphatic carbocycles. The number of carbonyl (C=O) groups excluding carboxylic acids is 4. The molecule has 174 valence electrons. The fourth-order valence-corrected chi connectivity index (χ4v) is 3.70. The van der Waals surface area contributed by atoms with Crippen molar-refractivity contribution in [1.82, 2.24) is 16.0 Å². The van der Waals surface area contributed by atoms with E-state index in [4.69, 9.17) is 0 Å². The molecule has 0 radical (unpaired) electrons. The highest BCUT2D eigenvalue weighted by Gasteiger charge is 2.31. The van der Waals surface area contributed by atoms with Gasteiger partial charge in [0.2, 0.25) is 11.8 Å². The van der Waals surface area contributed by atoms with Crippen LogP contribution in [-0.2, 0) is 19.1 Å². The second-order valence-electron chi connectivity index (χ2n) is 8.78. The minimum Gasteiger partial charge on any atom is -0.467 e. The quantitative estimate of drug-likeness (QED) is 0.420. The lowest BCUT2D eigenvalue weighted by Crippen LogP contribution is -2.51. The largest absolute Gasteiger partial charge is 0.467 e. The number of carbonyl (C=O) groups is 4. The summed E-state index contributed by atoms with van der Waals surface area (Å²) in [7, 11) is 1.25. The maximum absolute atomic E-state index is 13.0. The summed E-state index contributed by atoms with van der Waals surface area (Å²) in [5.41, 5.74) is 1.90. The normalized spacial score (nSPS) is 18.6. The summed E-state index contributed by atoms with van der Waals surface area (Å²) in [5, 5.41) is 8.32. The van der Waals surface area contributed by atoms with Gasteiger partial charge in [-0.1, -0.05) is 45.9 Å². The fraction of sp³-hybridized carbons (Fsp3) is 0.500. The molecule has 1 heterocycles. The Hall–Kier alpha value is -3.16. The van der Waals surface area contributed by atoms with Crippen LogP contribution in [0.1, 0.15) is 57.0 Å². The molecule has 2 rings (SSSR count). The van der Waals surface area contributed by atoms with Gasteiger partial charge in [-0.05, 0) is 42.4 Å².